The number of carbonyl (C=O) groups excluding carboxylic acids is 1. The lowest BCUT2D eigenvalue weighted by Gasteiger charge is -2.14. The number of fused-ring (bicyclic) bond motifs is 2. The highest BCUT2D eigenvalue weighted by Gasteiger charge is 2.20. The van der Waals surface area contributed by atoms with E-state index in [9.17, 15) is 4.79 Å². The lowest BCUT2D eigenvalue weighted by atomic mass is 10.1. The van der Waals surface area contributed by atoms with Gasteiger partial charge in [0.25, 0.3) is 0 Å². The Morgan fingerprint density at radius 1 is 0.972 bits per heavy atom. The summed E-state index contributed by atoms with van der Waals surface area (Å²) >= 11 is 3.70. The molecule has 7 heteroatoms. The van der Waals surface area contributed by atoms with Crippen molar-refractivity contribution < 1.29 is 9.53 Å². The molecule has 0 aliphatic heterocycles. The van der Waals surface area contributed by atoms with E-state index in [1.807, 2.05) is 30.3 Å². The maximum atomic E-state index is 12.1. The average Bonchev–Trinajstić information content (AvgIpc) is 3.44. The lowest BCUT2D eigenvalue weighted by molar-refractivity contribution is 0.0601. The van der Waals surface area contributed by atoms with Crippen molar-refractivity contribution in [1.82, 2.24) is 19.1 Å². The van der Waals surface area contributed by atoms with E-state index >= 15 is 0 Å². The fraction of sp³-hybridized carbons (Fsp3) is 0.276. The van der Waals surface area contributed by atoms with Crippen LogP contribution in [0.3, 0.4) is 0 Å². The molecule has 0 N–H and O–H groups in total. The first kappa shape index (κ1) is 24.3. The Kier molecular flexibility index (Phi) is 6.67. The minimum Gasteiger partial charge on any atom is -0.465 e. The Bertz CT molecular complexity index is 1580. The molecule has 0 fully saturated rings. The van der Waals surface area contributed by atoms with Gasteiger partial charge in [-0.15, -0.1) is 0 Å². The largest absolute Gasteiger partial charge is 0.465 e. The normalized spacial score (nSPS) is 11.6. The molecule has 0 bridgehead atoms. The van der Waals surface area contributed by atoms with Gasteiger partial charge in [0, 0.05) is 28.2 Å². The molecule has 0 spiro atoms. The highest BCUT2D eigenvalue weighted by Crippen LogP contribution is 2.35. The minimum atomic E-state index is -0.359. The van der Waals surface area contributed by atoms with E-state index in [1.165, 1.54) is 7.11 Å². The van der Waals surface area contributed by atoms with Gasteiger partial charge in [0.15, 0.2) is 0 Å². The number of rotatable bonds is 7. The zero-order valence-corrected chi connectivity index (χ0v) is 22.5. The molecule has 0 saturated heterocycles. The number of esters is 1. The quantitative estimate of drug-likeness (QED) is 0.197. The van der Waals surface area contributed by atoms with Crippen LogP contribution >= 0.6 is 15.9 Å². The van der Waals surface area contributed by atoms with E-state index < -0.39 is 0 Å². The van der Waals surface area contributed by atoms with Crippen LogP contribution in [0.2, 0.25) is 0 Å². The van der Waals surface area contributed by atoms with Gasteiger partial charge in [0.05, 0.1) is 34.7 Å². The van der Waals surface area contributed by atoms with Crippen LogP contribution in [0.25, 0.3) is 44.8 Å². The van der Waals surface area contributed by atoms with Gasteiger partial charge >= 0.3 is 5.97 Å². The summed E-state index contributed by atoms with van der Waals surface area (Å²) in [5, 5.41) is 0. The van der Waals surface area contributed by atoms with Crippen molar-refractivity contribution in [3.8, 4) is 22.8 Å². The molecule has 0 aliphatic rings. The van der Waals surface area contributed by atoms with Gasteiger partial charge in [0.2, 0.25) is 0 Å². The molecule has 0 amide bonds. The molecular formula is C29H29BrN4O2. The number of halogens is 1. The van der Waals surface area contributed by atoms with Crippen molar-refractivity contribution in [3.63, 3.8) is 0 Å². The minimum absolute atomic E-state index is 0.244. The molecule has 0 saturated carbocycles. The van der Waals surface area contributed by atoms with Crippen molar-refractivity contribution in [2.24, 2.45) is 0 Å². The first-order valence-electron chi connectivity index (χ1n) is 12.3. The molecule has 2 aromatic heterocycles. The van der Waals surface area contributed by atoms with E-state index in [2.05, 4.69) is 70.1 Å². The second-order valence-electron chi connectivity index (χ2n) is 9.22. The topological polar surface area (TPSA) is 61.9 Å². The van der Waals surface area contributed by atoms with E-state index in [0.29, 0.717) is 5.56 Å². The third-order valence-corrected chi connectivity index (χ3v) is 7.17. The van der Waals surface area contributed by atoms with Gasteiger partial charge in [-0.05, 0) is 62.7 Å². The summed E-state index contributed by atoms with van der Waals surface area (Å²) in [5.41, 5.74) is 6.37. The van der Waals surface area contributed by atoms with Crippen molar-refractivity contribution in [2.75, 3.05) is 7.11 Å². The predicted molar refractivity (Wildman–Crippen MR) is 148 cm³/mol. The maximum absolute atomic E-state index is 12.1. The van der Waals surface area contributed by atoms with Gasteiger partial charge in [-0.2, -0.15) is 0 Å². The number of hydrogen-bond donors (Lipinski definition) is 0. The first-order valence-corrected chi connectivity index (χ1v) is 13.1. The lowest BCUT2D eigenvalue weighted by Crippen LogP contribution is -2.03. The zero-order chi connectivity index (χ0) is 25.4. The second-order valence-corrected chi connectivity index (χ2v) is 10.1. The fourth-order valence-corrected chi connectivity index (χ4v) is 5.19. The number of imidazole rings is 2. The summed E-state index contributed by atoms with van der Waals surface area (Å²) in [4.78, 5) is 22.1. The maximum Gasteiger partial charge on any atom is 0.337 e. The molecule has 0 radical (unpaired) electrons. The van der Waals surface area contributed by atoms with Crippen LogP contribution in [0, 0.1) is 0 Å². The molecule has 6 nitrogen and oxygen atoms in total. The van der Waals surface area contributed by atoms with Gasteiger partial charge in [-0.25, -0.2) is 14.8 Å². The zero-order valence-electron chi connectivity index (χ0n) is 21.0. The summed E-state index contributed by atoms with van der Waals surface area (Å²) in [6, 6.07) is 20.4. The molecule has 0 aliphatic carbocycles. The van der Waals surface area contributed by atoms with Crippen LogP contribution < -0.4 is 0 Å². The van der Waals surface area contributed by atoms with Crippen LogP contribution in [0.5, 0.6) is 0 Å². The molecule has 2 heterocycles. The Morgan fingerprint density at radius 2 is 1.69 bits per heavy atom. The Hall–Kier alpha value is -3.45. The fourth-order valence-electron chi connectivity index (χ4n) is 4.73. The van der Waals surface area contributed by atoms with Crippen LogP contribution in [0.15, 0.2) is 65.1 Å². The number of methoxy groups -OCH3 is 1. The molecule has 3 aromatic carbocycles. The van der Waals surface area contributed by atoms with Gasteiger partial charge in [-0.3, -0.25) is 0 Å². The van der Waals surface area contributed by atoms with E-state index in [0.717, 1.165) is 68.7 Å². The van der Waals surface area contributed by atoms with Crippen molar-refractivity contribution in [3.05, 3.63) is 70.7 Å². The summed E-state index contributed by atoms with van der Waals surface area (Å²) in [7, 11) is 1.39. The van der Waals surface area contributed by atoms with Crippen molar-refractivity contribution in [1.29, 1.82) is 0 Å². The number of hydrogen-bond acceptors (Lipinski definition) is 4. The molecular weight excluding hydrogens is 516 g/mol. The van der Waals surface area contributed by atoms with Crippen LogP contribution in [0.4, 0.5) is 0 Å². The Balaban J connectivity index is 1.69. The monoisotopic (exact) mass is 544 g/mol. The third kappa shape index (κ3) is 4.22. The smallest absolute Gasteiger partial charge is 0.337 e. The number of carbonyl (C=O) groups is 1. The summed E-state index contributed by atoms with van der Waals surface area (Å²) in [5.74, 6) is 1.46. The Morgan fingerprint density at radius 3 is 2.42 bits per heavy atom. The first-order chi connectivity index (χ1) is 17.4. The van der Waals surface area contributed by atoms with Gasteiger partial charge < -0.3 is 13.9 Å². The Labute approximate surface area is 219 Å². The van der Waals surface area contributed by atoms with E-state index in [-0.39, 0.29) is 12.0 Å². The summed E-state index contributed by atoms with van der Waals surface area (Å²) in [6.45, 7) is 7.39. The highest BCUT2D eigenvalue weighted by atomic mass is 79.9. The molecule has 0 unspecified atom stereocenters. The number of aryl methyl sites for hydroxylation is 1. The summed E-state index contributed by atoms with van der Waals surface area (Å²) in [6.07, 6.45) is 2.11. The SMILES string of the molecule is CCCCn1c(-c2ccc3c(c2)nc(-c2ccccc2Br)n3C(C)C)nc2cc(C(=O)OC)ccc21. The molecule has 5 rings (SSSR count). The average molecular weight is 545 g/mol. The molecule has 184 valence electrons. The molecule has 5 aromatic rings. The molecule has 0 atom stereocenters. The van der Waals surface area contributed by atoms with E-state index in [4.69, 9.17) is 14.7 Å². The number of unbranched alkanes of at least 4 members (excludes halogenated alkanes) is 1. The number of benzene rings is 3. The molecule has 36 heavy (non-hydrogen) atoms. The number of aromatic nitrogens is 4. The van der Waals surface area contributed by atoms with Crippen LogP contribution in [0.1, 0.15) is 50.0 Å². The number of nitrogens with zero attached hydrogens (tertiary/aromatic N) is 4. The standard InChI is InChI=1S/C29H29BrN4O2/c1-5-6-15-33-25-13-12-20(29(35)36-4)17-23(25)31-27(33)19-11-14-26-24(16-19)32-28(34(26)18(2)3)21-9-7-8-10-22(21)30/h7-14,16-18H,5-6,15H2,1-4H3. The van der Waals surface area contributed by atoms with Gasteiger partial charge in [0.1, 0.15) is 11.6 Å². The number of ether oxygens (including phenoxy) is 1. The third-order valence-electron chi connectivity index (χ3n) is 6.48. The van der Waals surface area contributed by atoms with E-state index in [1.54, 1.807) is 6.07 Å². The second kappa shape index (κ2) is 9.90. The van der Waals surface area contributed by atoms with Crippen molar-refractivity contribution >= 4 is 44.0 Å². The van der Waals surface area contributed by atoms with Crippen molar-refractivity contribution in [2.45, 2.75) is 46.2 Å². The predicted octanol–water partition coefficient (Wildman–Crippen LogP) is 7.65. The highest BCUT2D eigenvalue weighted by molar-refractivity contribution is 9.10. The summed E-state index contributed by atoms with van der Waals surface area (Å²) < 4.78 is 10.5. The van der Waals surface area contributed by atoms with Gasteiger partial charge in [-0.1, -0.05) is 47.5 Å². The van der Waals surface area contributed by atoms with Crippen LogP contribution in [-0.4, -0.2) is 32.2 Å². The van der Waals surface area contributed by atoms with Crippen LogP contribution in [-0.2, 0) is 11.3 Å².